The highest BCUT2D eigenvalue weighted by molar-refractivity contribution is 14.0. The van der Waals surface area contributed by atoms with Crippen LogP contribution in [0.2, 0.25) is 0 Å². The third kappa shape index (κ3) is 7.33. The fourth-order valence-electron chi connectivity index (χ4n) is 2.83. The molecule has 160 valence electrons. The van der Waals surface area contributed by atoms with Crippen molar-refractivity contribution < 1.29 is 4.74 Å². The number of nitrogens with zero attached hydrogens (tertiary/aromatic N) is 4. The first-order valence-corrected chi connectivity index (χ1v) is 9.99. The number of ether oxygens (including phenoxy) is 1. The molecule has 0 aliphatic carbocycles. The van der Waals surface area contributed by atoms with E-state index in [-0.39, 0.29) is 24.0 Å². The van der Waals surface area contributed by atoms with E-state index in [0.29, 0.717) is 6.54 Å². The number of halogens is 1. The van der Waals surface area contributed by atoms with Gasteiger partial charge in [-0.15, -0.1) is 34.2 Å². The first-order valence-electron chi connectivity index (χ1n) is 9.99. The van der Waals surface area contributed by atoms with E-state index in [1.54, 1.807) is 6.33 Å². The van der Waals surface area contributed by atoms with Gasteiger partial charge in [-0.25, -0.2) is 4.99 Å². The minimum absolute atomic E-state index is 0. The van der Waals surface area contributed by atoms with Gasteiger partial charge in [0.15, 0.2) is 5.96 Å². The number of aromatic nitrogens is 3. The van der Waals surface area contributed by atoms with Crippen molar-refractivity contribution in [3.63, 3.8) is 0 Å². The highest BCUT2D eigenvalue weighted by Crippen LogP contribution is 2.21. The van der Waals surface area contributed by atoms with Crippen molar-refractivity contribution in [2.24, 2.45) is 4.99 Å². The van der Waals surface area contributed by atoms with Gasteiger partial charge in [0.1, 0.15) is 23.7 Å². The van der Waals surface area contributed by atoms with Gasteiger partial charge in [-0.3, -0.25) is 0 Å². The van der Waals surface area contributed by atoms with Crippen LogP contribution in [0.1, 0.15) is 25.2 Å². The van der Waals surface area contributed by atoms with E-state index in [4.69, 9.17) is 4.74 Å². The summed E-state index contributed by atoms with van der Waals surface area (Å²) in [4.78, 5) is 4.67. The van der Waals surface area contributed by atoms with Gasteiger partial charge in [-0.2, -0.15) is 0 Å². The number of rotatable bonds is 9. The average molecular weight is 520 g/mol. The first kappa shape index (κ1) is 23.7. The summed E-state index contributed by atoms with van der Waals surface area (Å²) in [6, 6.07) is 17.8. The number of hydrogen-bond donors (Lipinski definition) is 2. The van der Waals surface area contributed by atoms with Crippen LogP contribution in [0.5, 0.6) is 11.5 Å². The monoisotopic (exact) mass is 520 g/mol. The molecule has 0 saturated heterocycles. The number of benzene rings is 2. The number of hydrogen-bond acceptors (Lipinski definition) is 4. The van der Waals surface area contributed by atoms with Crippen LogP contribution in [0.15, 0.2) is 65.9 Å². The van der Waals surface area contributed by atoms with Crippen LogP contribution in [-0.2, 0) is 19.5 Å². The van der Waals surface area contributed by atoms with E-state index in [1.165, 1.54) is 0 Å². The quantitative estimate of drug-likeness (QED) is 0.254. The van der Waals surface area contributed by atoms with Gasteiger partial charge in [0.25, 0.3) is 0 Å². The van der Waals surface area contributed by atoms with E-state index in [2.05, 4.69) is 44.2 Å². The van der Waals surface area contributed by atoms with Gasteiger partial charge in [-0.05, 0) is 36.8 Å². The number of para-hydroxylation sites is 1. The molecule has 30 heavy (non-hydrogen) atoms. The topological polar surface area (TPSA) is 76.4 Å². The Labute approximate surface area is 195 Å². The summed E-state index contributed by atoms with van der Waals surface area (Å²) in [6.07, 6.45) is 2.64. The smallest absolute Gasteiger partial charge is 0.191 e. The van der Waals surface area contributed by atoms with Gasteiger partial charge in [0, 0.05) is 26.1 Å². The summed E-state index contributed by atoms with van der Waals surface area (Å²) >= 11 is 0. The normalized spacial score (nSPS) is 10.9. The van der Waals surface area contributed by atoms with Crippen LogP contribution in [0.25, 0.3) is 0 Å². The van der Waals surface area contributed by atoms with E-state index < -0.39 is 0 Å². The van der Waals surface area contributed by atoms with Crippen molar-refractivity contribution >= 4 is 29.9 Å². The highest BCUT2D eigenvalue weighted by atomic mass is 127. The zero-order valence-corrected chi connectivity index (χ0v) is 19.7. The van der Waals surface area contributed by atoms with Crippen LogP contribution in [0.3, 0.4) is 0 Å². The summed E-state index contributed by atoms with van der Waals surface area (Å²) in [7, 11) is 0. The Morgan fingerprint density at radius 2 is 1.73 bits per heavy atom. The fourth-order valence-corrected chi connectivity index (χ4v) is 2.83. The molecular weight excluding hydrogens is 491 g/mol. The maximum atomic E-state index is 5.83. The van der Waals surface area contributed by atoms with Crippen LogP contribution in [-0.4, -0.2) is 33.8 Å². The van der Waals surface area contributed by atoms with Gasteiger partial charge in [-0.1, -0.05) is 37.3 Å². The molecule has 0 bridgehead atoms. The number of aliphatic imine (C=N–C) groups is 1. The predicted molar refractivity (Wildman–Crippen MR) is 131 cm³/mol. The lowest BCUT2D eigenvalue weighted by Crippen LogP contribution is -2.38. The lowest BCUT2D eigenvalue weighted by atomic mass is 10.2. The summed E-state index contributed by atoms with van der Waals surface area (Å²) in [5.41, 5.74) is 1.12. The minimum Gasteiger partial charge on any atom is -0.457 e. The lowest BCUT2D eigenvalue weighted by molar-refractivity contribution is 0.482. The molecule has 0 fully saturated rings. The third-order valence-electron chi connectivity index (χ3n) is 4.32. The summed E-state index contributed by atoms with van der Waals surface area (Å²) in [6.45, 7) is 7.08. The largest absolute Gasteiger partial charge is 0.457 e. The Kier molecular flexibility index (Phi) is 10.1. The second kappa shape index (κ2) is 12.8. The zero-order chi connectivity index (χ0) is 20.3. The summed E-state index contributed by atoms with van der Waals surface area (Å²) in [5.74, 6) is 3.43. The van der Waals surface area contributed by atoms with E-state index in [0.717, 1.165) is 54.9 Å². The Morgan fingerprint density at radius 3 is 2.43 bits per heavy atom. The molecule has 3 aromatic rings. The number of aryl methyl sites for hydroxylation is 1. The fraction of sp³-hybridized carbons (Fsp3) is 0.318. The molecular formula is C22H29IN6O. The molecule has 2 aromatic carbocycles. The molecule has 0 aliphatic rings. The number of nitrogens with one attached hydrogen (secondary N) is 2. The Bertz CT molecular complexity index is 896. The van der Waals surface area contributed by atoms with Crippen molar-refractivity contribution in [1.29, 1.82) is 0 Å². The molecule has 7 nitrogen and oxygen atoms in total. The molecule has 2 N–H and O–H groups in total. The predicted octanol–water partition coefficient (Wildman–Crippen LogP) is 4.01. The average Bonchev–Trinajstić information content (AvgIpc) is 3.21. The van der Waals surface area contributed by atoms with Crippen LogP contribution < -0.4 is 15.4 Å². The van der Waals surface area contributed by atoms with Gasteiger partial charge >= 0.3 is 0 Å². The standard InChI is InChI=1S/C22H28N6O.HI/c1-3-21-27-26-17-28(21)15-14-24-22(23-4-2)25-16-18-10-12-20(13-11-18)29-19-8-6-5-7-9-19;/h5-13,17H,3-4,14-16H2,1-2H3,(H2,23,24,25);1H. The first-order chi connectivity index (χ1) is 14.3. The van der Waals surface area contributed by atoms with E-state index in [1.807, 2.05) is 54.6 Å². The van der Waals surface area contributed by atoms with Crippen LogP contribution in [0.4, 0.5) is 0 Å². The van der Waals surface area contributed by atoms with Crippen molar-refractivity contribution in [3.05, 3.63) is 72.3 Å². The van der Waals surface area contributed by atoms with Gasteiger partial charge in [0.2, 0.25) is 0 Å². The molecule has 1 heterocycles. The van der Waals surface area contributed by atoms with Crippen molar-refractivity contribution in [3.8, 4) is 11.5 Å². The Morgan fingerprint density at radius 1 is 1.00 bits per heavy atom. The second-order valence-electron chi connectivity index (χ2n) is 6.48. The maximum Gasteiger partial charge on any atom is 0.191 e. The molecule has 8 heteroatoms. The van der Waals surface area contributed by atoms with Crippen molar-refractivity contribution in [1.82, 2.24) is 25.4 Å². The Balaban J connectivity index is 0.00000320. The van der Waals surface area contributed by atoms with Crippen LogP contribution >= 0.6 is 24.0 Å². The summed E-state index contributed by atoms with van der Waals surface area (Å²) in [5, 5.41) is 14.7. The molecule has 1 aromatic heterocycles. The SMILES string of the molecule is CCNC(=NCc1ccc(Oc2ccccc2)cc1)NCCn1cnnc1CC.I. The third-order valence-corrected chi connectivity index (χ3v) is 4.32. The Hall–Kier alpha value is -2.62. The van der Waals surface area contributed by atoms with Crippen molar-refractivity contribution in [2.45, 2.75) is 33.4 Å². The van der Waals surface area contributed by atoms with Gasteiger partial charge in [0.05, 0.1) is 6.54 Å². The molecule has 3 rings (SSSR count). The van der Waals surface area contributed by atoms with Crippen LogP contribution in [0, 0.1) is 0 Å². The minimum atomic E-state index is 0. The van der Waals surface area contributed by atoms with Gasteiger partial charge < -0.3 is 19.9 Å². The molecule has 0 radical (unpaired) electrons. The molecule has 0 amide bonds. The van der Waals surface area contributed by atoms with E-state index in [9.17, 15) is 0 Å². The number of guanidine groups is 1. The zero-order valence-electron chi connectivity index (χ0n) is 17.4. The second-order valence-corrected chi connectivity index (χ2v) is 6.48. The lowest BCUT2D eigenvalue weighted by Gasteiger charge is -2.12. The molecule has 0 atom stereocenters. The molecule has 0 unspecified atom stereocenters. The molecule has 0 spiro atoms. The maximum absolute atomic E-state index is 5.83. The highest BCUT2D eigenvalue weighted by Gasteiger charge is 2.03. The van der Waals surface area contributed by atoms with E-state index >= 15 is 0 Å². The molecule has 0 saturated carbocycles. The molecule has 0 aliphatic heterocycles. The van der Waals surface area contributed by atoms with Crippen molar-refractivity contribution in [2.75, 3.05) is 13.1 Å². The summed E-state index contributed by atoms with van der Waals surface area (Å²) < 4.78 is 7.89.